The number of anilines is 1. The number of nitriles is 1. The highest BCUT2D eigenvalue weighted by molar-refractivity contribution is 5.57. The molecule has 0 saturated heterocycles. The minimum Gasteiger partial charge on any atom is -0.382 e. The molecule has 3 nitrogen and oxygen atoms in total. The van der Waals surface area contributed by atoms with E-state index in [1.54, 1.807) is 6.07 Å². The smallest absolute Gasteiger partial charge is 0.382 e. The van der Waals surface area contributed by atoms with Gasteiger partial charge in [0.1, 0.15) is 0 Å². The molecule has 96 valence electrons. The Labute approximate surface area is 102 Å². The SMILES string of the molecule is N#Cc1ccc(NC2CC(N)C2)c(C(F)(F)F)c1. The molecular formula is C12H12F3N3. The molecule has 0 spiro atoms. The lowest BCUT2D eigenvalue weighted by molar-refractivity contribution is -0.137. The van der Waals surface area contributed by atoms with Crippen molar-refractivity contribution >= 4 is 5.69 Å². The minimum atomic E-state index is -4.47. The Bertz CT molecular complexity index is 484. The number of nitrogens with one attached hydrogen (secondary N) is 1. The first kappa shape index (κ1) is 12.7. The predicted molar refractivity (Wildman–Crippen MR) is 60.8 cm³/mol. The summed E-state index contributed by atoms with van der Waals surface area (Å²) in [5, 5.41) is 11.5. The van der Waals surface area contributed by atoms with Crippen molar-refractivity contribution in [3.05, 3.63) is 29.3 Å². The summed E-state index contributed by atoms with van der Waals surface area (Å²) in [5.41, 5.74) is 4.79. The second-order valence-corrected chi connectivity index (χ2v) is 4.44. The van der Waals surface area contributed by atoms with Gasteiger partial charge >= 0.3 is 6.18 Å². The second-order valence-electron chi connectivity index (χ2n) is 4.44. The second kappa shape index (κ2) is 4.50. The summed E-state index contributed by atoms with van der Waals surface area (Å²) in [4.78, 5) is 0. The standard InChI is InChI=1S/C12H12F3N3/c13-12(14,15)10-3-7(6-16)1-2-11(10)18-9-4-8(17)5-9/h1-3,8-9,18H,4-5,17H2. The fourth-order valence-electron chi connectivity index (χ4n) is 1.97. The van der Waals surface area contributed by atoms with E-state index in [2.05, 4.69) is 5.32 Å². The van der Waals surface area contributed by atoms with E-state index >= 15 is 0 Å². The first-order valence-corrected chi connectivity index (χ1v) is 5.53. The fraction of sp³-hybridized carbons (Fsp3) is 0.417. The van der Waals surface area contributed by atoms with Crippen molar-refractivity contribution in [3.8, 4) is 6.07 Å². The van der Waals surface area contributed by atoms with Gasteiger partial charge in [-0.1, -0.05) is 0 Å². The van der Waals surface area contributed by atoms with E-state index in [-0.39, 0.29) is 23.3 Å². The largest absolute Gasteiger partial charge is 0.418 e. The Morgan fingerprint density at radius 3 is 2.50 bits per heavy atom. The molecule has 1 aliphatic rings. The zero-order valence-electron chi connectivity index (χ0n) is 9.46. The van der Waals surface area contributed by atoms with E-state index in [1.165, 1.54) is 12.1 Å². The van der Waals surface area contributed by atoms with Gasteiger partial charge in [0.15, 0.2) is 0 Å². The lowest BCUT2D eigenvalue weighted by Crippen LogP contribution is -2.44. The molecule has 1 fully saturated rings. The molecule has 6 heteroatoms. The van der Waals surface area contributed by atoms with Crippen LogP contribution in [0.25, 0.3) is 0 Å². The van der Waals surface area contributed by atoms with E-state index in [4.69, 9.17) is 11.0 Å². The molecule has 0 atom stereocenters. The Balaban J connectivity index is 2.26. The van der Waals surface area contributed by atoms with Crippen molar-refractivity contribution in [2.75, 3.05) is 5.32 Å². The van der Waals surface area contributed by atoms with Crippen LogP contribution in [0.1, 0.15) is 24.0 Å². The van der Waals surface area contributed by atoms with Crippen LogP contribution >= 0.6 is 0 Å². The average Bonchev–Trinajstić information content (AvgIpc) is 2.26. The average molecular weight is 255 g/mol. The summed E-state index contributed by atoms with van der Waals surface area (Å²) in [6.07, 6.45) is -3.14. The molecule has 1 saturated carbocycles. The van der Waals surface area contributed by atoms with E-state index in [9.17, 15) is 13.2 Å². The molecular weight excluding hydrogens is 243 g/mol. The Morgan fingerprint density at radius 1 is 1.33 bits per heavy atom. The van der Waals surface area contributed by atoms with Crippen molar-refractivity contribution in [3.63, 3.8) is 0 Å². The monoisotopic (exact) mass is 255 g/mol. The van der Waals surface area contributed by atoms with Crippen molar-refractivity contribution < 1.29 is 13.2 Å². The van der Waals surface area contributed by atoms with Gasteiger partial charge in [-0.15, -0.1) is 0 Å². The highest BCUT2D eigenvalue weighted by atomic mass is 19.4. The first-order chi connectivity index (χ1) is 8.40. The summed E-state index contributed by atoms with van der Waals surface area (Å²) in [6, 6.07) is 5.28. The molecule has 0 aliphatic heterocycles. The molecule has 18 heavy (non-hydrogen) atoms. The first-order valence-electron chi connectivity index (χ1n) is 5.53. The zero-order valence-corrected chi connectivity index (χ0v) is 9.46. The van der Waals surface area contributed by atoms with Crippen LogP contribution in [0.2, 0.25) is 0 Å². The molecule has 3 N–H and O–H groups in total. The van der Waals surface area contributed by atoms with E-state index in [0.717, 1.165) is 6.07 Å². The number of hydrogen-bond donors (Lipinski definition) is 2. The molecule has 1 aromatic rings. The summed E-state index contributed by atoms with van der Waals surface area (Å²) < 4.78 is 38.5. The molecule has 1 aromatic carbocycles. The predicted octanol–water partition coefficient (Wildman–Crippen LogP) is 2.48. The van der Waals surface area contributed by atoms with Gasteiger partial charge in [0, 0.05) is 17.8 Å². The van der Waals surface area contributed by atoms with Gasteiger partial charge in [0.25, 0.3) is 0 Å². The topological polar surface area (TPSA) is 61.8 Å². The maximum absolute atomic E-state index is 12.8. The van der Waals surface area contributed by atoms with Gasteiger partial charge in [0.05, 0.1) is 17.2 Å². The molecule has 2 rings (SSSR count). The number of nitrogens with zero attached hydrogens (tertiary/aromatic N) is 1. The molecule has 0 aromatic heterocycles. The molecule has 0 amide bonds. The third kappa shape index (κ3) is 2.57. The van der Waals surface area contributed by atoms with Gasteiger partial charge in [-0.05, 0) is 31.0 Å². The highest BCUT2D eigenvalue weighted by Crippen LogP contribution is 2.36. The Kier molecular flexibility index (Phi) is 3.18. The summed E-state index contributed by atoms with van der Waals surface area (Å²) in [6.45, 7) is 0. The molecule has 0 unspecified atom stereocenters. The normalized spacial score (nSPS) is 23.1. The zero-order chi connectivity index (χ0) is 13.3. The lowest BCUT2D eigenvalue weighted by Gasteiger charge is -2.34. The Morgan fingerprint density at radius 2 is 2.00 bits per heavy atom. The van der Waals surface area contributed by atoms with Crippen LogP contribution in [0.3, 0.4) is 0 Å². The molecule has 0 bridgehead atoms. The van der Waals surface area contributed by atoms with Gasteiger partial charge < -0.3 is 11.1 Å². The maximum atomic E-state index is 12.8. The van der Waals surface area contributed by atoms with Crippen molar-refractivity contribution in [2.45, 2.75) is 31.1 Å². The van der Waals surface area contributed by atoms with Crippen LogP contribution in [-0.4, -0.2) is 12.1 Å². The number of hydrogen-bond acceptors (Lipinski definition) is 3. The number of halogens is 3. The minimum absolute atomic E-state index is 0.00168. The van der Waals surface area contributed by atoms with Crippen LogP contribution < -0.4 is 11.1 Å². The van der Waals surface area contributed by atoms with E-state index in [1.807, 2.05) is 0 Å². The summed E-state index contributed by atoms with van der Waals surface area (Å²) >= 11 is 0. The molecule has 1 aliphatic carbocycles. The van der Waals surface area contributed by atoms with Crippen LogP contribution in [0.15, 0.2) is 18.2 Å². The third-order valence-electron chi connectivity index (χ3n) is 2.99. The quantitative estimate of drug-likeness (QED) is 0.853. The van der Waals surface area contributed by atoms with E-state index in [0.29, 0.717) is 12.8 Å². The van der Waals surface area contributed by atoms with Crippen LogP contribution in [0, 0.1) is 11.3 Å². The van der Waals surface area contributed by atoms with Gasteiger partial charge in [-0.25, -0.2) is 0 Å². The van der Waals surface area contributed by atoms with Crippen LogP contribution in [-0.2, 0) is 6.18 Å². The Hall–Kier alpha value is -1.74. The maximum Gasteiger partial charge on any atom is 0.418 e. The van der Waals surface area contributed by atoms with Crippen LogP contribution in [0.4, 0.5) is 18.9 Å². The third-order valence-corrected chi connectivity index (χ3v) is 2.99. The summed E-state index contributed by atoms with van der Waals surface area (Å²) in [7, 11) is 0. The highest BCUT2D eigenvalue weighted by Gasteiger charge is 2.35. The van der Waals surface area contributed by atoms with Crippen LogP contribution in [0.5, 0.6) is 0 Å². The van der Waals surface area contributed by atoms with Crippen molar-refractivity contribution in [2.24, 2.45) is 5.73 Å². The molecule has 0 heterocycles. The van der Waals surface area contributed by atoms with Crippen molar-refractivity contribution in [1.29, 1.82) is 5.26 Å². The lowest BCUT2D eigenvalue weighted by atomic mass is 9.87. The van der Waals surface area contributed by atoms with Gasteiger partial charge in [-0.3, -0.25) is 0 Å². The number of rotatable bonds is 2. The summed E-state index contributed by atoms with van der Waals surface area (Å²) in [5.74, 6) is 0. The van der Waals surface area contributed by atoms with Crippen molar-refractivity contribution in [1.82, 2.24) is 0 Å². The number of benzene rings is 1. The number of alkyl halides is 3. The number of nitrogens with two attached hydrogens (primary N) is 1. The fourth-order valence-corrected chi connectivity index (χ4v) is 1.97. The molecule has 0 radical (unpaired) electrons. The van der Waals surface area contributed by atoms with E-state index < -0.39 is 11.7 Å². The van der Waals surface area contributed by atoms with Gasteiger partial charge in [0.2, 0.25) is 0 Å². The van der Waals surface area contributed by atoms with Gasteiger partial charge in [-0.2, -0.15) is 18.4 Å².